The Morgan fingerprint density at radius 3 is 2.55 bits per heavy atom. The maximum absolute atomic E-state index is 10.7. The van der Waals surface area contributed by atoms with Crippen molar-refractivity contribution in [1.82, 2.24) is 9.78 Å². The molecule has 0 aliphatic heterocycles. The summed E-state index contributed by atoms with van der Waals surface area (Å²) in [6.45, 7) is 3.81. The van der Waals surface area contributed by atoms with E-state index < -0.39 is 5.97 Å². The van der Waals surface area contributed by atoms with Gasteiger partial charge < -0.3 is 5.11 Å². The minimum atomic E-state index is -0.810. The molecule has 2 rings (SSSR count). The standard InChI is InChI=1S/C15H15N3O2/c1-10-14(7-8-15(19)20)11(2)18(17-10)13-5-3-12(9-16)4-6-13/h3-6H,7-8H2,1-2H3,(H,19,20). The summed E-state index contributed by atoms with van der Waals surface area (Å²) in [6, 6.07) is 9.22. The number of carbonyl (C=O) groups is 1. The molecule has 0 radical (unpaired) electrons. The highest BCUT2D eigenvalue weighted by atomic mass is 16.4. The Kier molecular flexibility index (Phi) is 3.85. The number of nitriles is 1. The van der Waals surface area contributed by atoms with Crippen LogP contribution in [0, 0.1) is 25.2 Å². The number of aromatic nitrogens is 2. The van der Waals surface area contributed by atoms with Crippen molar-refractivity contribution in [2.45, 2.75) is 26.7 Å². The highest BCUT2D eigenvalue weighted by molar-refractivity contribution is 5.67. The number of hydrogen-bond acceptors (Lipinski definition) is 3. The first kappa shape index (κ1) is 13.8. The molecule has 0 amide bonds. The Labute approximate surface area is 117 Å². The van der Waals surface area contributed by atoms with Gasteiger partial charge >= 0.3 is 5.97 Å². The van der Waals surface area contributed by atoms with E-state index in [-0.39, 0.29) is 6.42 Å². The van der Waals surface area contributed by atoms with Gasteiger partial charge in [0.15, 0.2) is 0 Å². The Morgan fingerprint density at radius 2 is 2.00 bits per heavy atom. The van der Waals surface area contributed by atoms with Crippen LogP contribution in [0.3, 0.4) is 0 Å². The van der Waals surface area contributed by atoms with Crippen LogP contribution < -0.4 is 0 Å². The predicted octanol–water partition coefficient (Wildman–Crippen LogP) is 2.38. The summed E-state index contributed by atoms with van der Waals surface area (Å²) >= 11 is 0. The fourth-order valence-electron chi connectivity index (χ4n) is 2.20. The Bertz CT molecular complexity index is 678. The lowest BCUT2D eigenvalue weighted by Crippen LogP contribution is -2.01. The van der Waals surface area contributed by atoms with Gasteiger partial charge in [0, 0.05) is 12.1 Å². The molecule has 0 aliphatic carbocycles. The van der Waals surface area contributed by atoms with Crippen molar-refractivity contribution in [1.29, 1.82) is 5.26 Å². The van der Waals surface area contributed by atoms with Gasteiger partial charge in [-0.2, -0.15) is 10.4 Å². The third kappa shape index (κ3) is 2.69. The number of aryl methyl sites for hydroxylation is 1. The molecule has 2 aromatic rings. The number of carboxylic acids is 1. The van der Waals surface area contributed by atoms with Crippen molar-refractivity contribution in [3.8, 4) is 11.8 Å². The van der Waals surface area contributed by atoms with E-state index in [9.17, 15) is 4.79 Å². The molecule has 0 aliphatic rings. The average Bonchev–Trinajstić information content (AvgIpc) is 2.72. The topological polar surface area (TPSA) is 78.9 Å². The molecule has 0 bridgehead atoms. The van der Waals surface area contributed by atoms with E-state index in [2.05, 4.69) is 11.2 Å². The first-order valence-electron chi connectivity index (χ1n) is 6.30. The van der Waals surface area contributed by atoms with Gasteiger partial charge in [0.25, 0.3) is 0 Å². The fourth-order valence-corrected chi connectivity index (χ4v) is 2.20. The van der Waals surface area contributed by atoms with E-state index in [0.717, 1.165) is 22.6 Å². The minimum absolute atomic E-state index is 0.0980. The summed E-state index contributed by atoms with van der Waals surface area (Å²) in [6.07, 6.45) is 0.573. The van der Waals surface area contributed by atoms with Gasteiger partial charge in [0.05, 0.1) is 23.0 Å². The monoisotopic (exact) mass is 269 g/mol. The van der Waals surface area contributed by atoms with Crippen LogP contribution in [0.25, 0.3) is 5.69 Å². The molecule has 5 nitrogen and oxygen atoms in total. The summed E-state index contributed by atoms with van der Waals surface area (Å²) in [4.78, 5) is 10.7. The summed E-state index contributed by atoms with van der Waals surface area (Å²) in [7, 11) is 0. The van der Waals surface area contributed by atoms with Crippen molar-refractivity contribution >= 4 is 5.97 Å². The molecular weight excluding hydrogens is 254 g/mol. The lowest BCUT2D eigenvalue weighted by molar-refractivity contribution is -0.136. The van der Waals surface area contributed by atoms with Crippen molar-refractivity contribution in [3.63, 3.8) is 0 Å². The fraction of sp³-hybridized carbons (Fsp3) is 0.267. The van der Waals surface area contributed by atoms with Crippen LogP contribution in [-0.4, -0.2) is 20.9 Å². The summed E-state index contributed by atoms with van der Waals surface area (Å²) in [5.41, 5.74) is 4.21. The van der Waals surface area contributed by atoms with Crippen LogP contribution in [0.5, 0.6) is 0 Å². The van der Waals surface area contributed by atoms with E-state index in [4.69, 9.17) is 10.4 Å². The van der Waals surface area contributed by atoms with E-state index in [1.165, 1.54) is 0 Å². The maximum atomic E-state index is 10.7. The number of rotatable bonds is 4. The van der Waals surface area contributed by atoms with Crippen LogP contribution in [0.2, 0.25) is 0 Å². The summed E-state index contributed by atoms with van der Waals surface area (Å²) < 4.78 is 1.79. The Morgan fingerprint density at radius 1 is 1.35 bits per heavy atom. The third-order valence-electron chi connectivity index (χ3n) is 3.27. The van der Waals surface area contributed by atoms with Gasteiger partial charge in [-0.05, 0) is 50.1 Å². The molecule has 1 aromatic heterocycles. The van der Waals surface area contributed by atoms with E-state index in [0.29, 0.717) is 12.0 Å². The Hall–Kier alpha value is -2.61. The van der Waals surface area contributed by atoms with Gasteiger partial charge in [-0.15, -0.1) is 0 Å². The van der Waals surface area contributed by atoms with E-state index in [1.54, 1.807) is 16.8 Å². The number of hydrogen-bond donors (Lipinski definition) is 1. The van der Waals surface area contributed by atoms with Crippen molar-refractivity contribution in [2.24, 2.45) is 0 Å². The van der Waals surface area contributed by atoms with Gasteiger partial charge in [-0.25, -0.2) is 4.68 Å². The molecule has 102 valence electrons. The van der Waals surface area contributed by atoms with Gasteiger partial charge in [0.1, 0.15) is 0 Å². The molecule has 0 saturated carbocycles. The van der Waals surface area contributed by atoms with Crippen LogP contribution in [0.1, 0.15) is 28.9 Å². The van der Waals surface area contributed by atoms with Crippen molar-refractivity contribution in [2.75, 3.05) is 0 Å². The second kappa shape index (κ2) is 5.57. The van der Waals surface area contributed by atoms with Crippen molar-refractivity contribution < 1.29 is 9.90 Å². The highest BCUT2D eigenvalue weighted by Gasteiger charge is 2.13. The largest absolute Gasteiger partial charge is 0.481 e. The molecule has 5 heteroatoms. The second-order valence-electron chi connectivity index (χ2n) is 4.61. The third-order valence-corrected chi connectivity index (χ3v) is 3.27. The van der Waals surface area contributed by atoms with Crippen molar-refractivity contribution in [3.05, 3.63) is 46.8 Å². The molecule has 0 unspecified atom stereocenters. The molecule has 1 N–H and O–H groups in total. The SMILES string of the molecule is Cc1nn(-c2ccc(C#N)cc2)c(C)c1CCC(=O)O. The molecule has 1 heterocycles. The lowest BCUT2D eigenvalue weighted by atomic mass is 10.1. The summed E-state index contributed by atoms with van der Waals surface area (Å²) in [5, 5.41) is 22.0. The smallest absolute Gasteiger partial charge is 0.303 e. The molecule has 0 fully saturated rings. The number of aliphatic carboxylic acids is 1. The maximum Gasteiger partial charge on any atom is 0.303 e. The zero-order valence-corrected chi connectivity index (χ0v) is 11.4. The average molecular weight is 269 g/mol. The number of carboxylic acid groups (broad SMARTS) is 1. The molecule has 0 saturated heterocycles. The second-order valence-corrected chi connectivity index (χ2v) is 4.61. The first-order chi connectivity index (χ1) is 9.52. The lowest BCUT2D eigenvalue weighted by Gasteiger charge is -2.05. The predicted molar refractivity (Wildman–Crippen MR) is 73.7 cm³/mol. The van der Waals surface area contributed by atoms with E-state index >= 15 is 0 Å². The molecule has 1 aromatic carbocycles. The minimum Gasteiger partial charge on any atom is -0.481 e. The Balaban J connectivity index is 2.35. The molecule has 20 heavy (non-hydrogen) atoms. The van der Waals surface area contributed by atoms with Crippen LogP contribution in [0.15, 0.2) is 24.3 Å². The molecule has 0 atom stereocenters. The quantitative estimate of drug-likeness (QED) is 0.924. The number of benzene rings is 1. The van der Waals surface area contributed by atoms with E-state index in [1.807, 2.05) is 26.0 Å². The highest BCUT2D eigenvalue weighted by Crippen LogP contribution is 2.19. The zero-order chi connectivity index (χ0) is 14.7. The number of nitrogens with zero attached hydrogens (tertiary/aromatic N) is 3. The summed E-state index contributed by atoms with van der Waals surface area (Å²) in [5.74, 6) is -0.810. The molecule has 0 spiro atoms. The van der Waals surface area contributed by atoms with Gasteiger partial charge in [0.2, 0.25) is 0 Å². The zero-order valence-electron chi connectivity index (χ0n) is 11.4. The van der Waals surface area contributed by atoms with Gasteiger partial charge in [-0.3, -0.25) is 4.79 Å². The van der Waals surface area contributed by atoms with Crippen LogP contribution >= 0.6 is 0 Å². The van der Waals surface area contributed by atoms with Gasteiger partial charge in [-0.1, -0.05) is 0 Å². The van der Waals surface area contributed by atoms with Crippen LogP contribution in [0.4, 0.5) is 0 Å². The molecular formula is C15H15N3O2. The first-order valence-corrected chi connectivity index (χ1v) is 6.30. The van der Waals surface area contributed by atoms with Crippen LogP contribution in [-0.2, 0) is 11.2 Å². The normalized spacial score (nSPS) is 10.2.